The molecule has 0 aliphatic rings. The molecule has 0 aliphatic carbocycles. The fraction of sp³-hybridized carbons (Fsp3) is 0.385. The van der Waals surface area contributed by atoms with Crippen LogP contribution >= 0.6 is 0 Å². The number of nitrogens with zero attached hydrogens (tertiary/aromatic N) is 3. The molecular weight excluding hydrogens is 230 g/mol. The van der Waals surface area contributed by atoms with Crippen molar-refractivity contribution in [2.45, 2.75) is 26.5 Å². The highest BCUT2D eigenvalue weighted by Gasteiger charge is 2.07. The van der Waals surface area contributed by atoms with E-state index in [2.05, 4.69) is 10.2 Å². The van der Waals surface area contributed by atoms with Gasteiger partial charge in [0.15, 0.2) is 0 Å². The van der Waals surface area contributed by atoms with Crippen molar-refractivity contribution in [3.8, 4) is 5.75 Å². The second-order valence-corrected chi connectivity index (χ2v) is 4.39. The average molecular weight is 247 g/mol. The molecule has 0 radical (unpaired) electrons. The first-order chi connectivity index (χ1) is 8.65. The maximum absolute atomic E-state index is 9.84. The van der Waals surface area contributed by atoms with Gasteiger partial charge in [0.05, 0.1) is 6.54 Å². The first-order valence-electron chi connectivity index (χ1n) is 5.85. The van der Waals surface area contributed by atoms with Gasteiger partial charge in [-0.05, 0) is 31.0 Å². The third-order valence-corrected chi connectivity index (χ3v) is 2.66. The molecule has 0 saturated heterocycles. The second-order valence-electron chi connectivity index (χ2n) is 4.39. The van der Waals surface area contributed by atoms with E-state index in [-0.39, 0.29) is 6.61 Å². The smallest absolute Gasteiger partial charge is 0.122 e. The van der Waals surface area contributed by atoms with E-state index in [9.17, 15) is 5.11 Å². The summed E-state index contributed by atoms with van der Waals surface area (Å²) in [5.74, 6) is 0.817. The van der Waals surface area contributed by atoms with Crippen LogP contribution < -0.4 is 4.74 Å². The molecule has 1 aromatic heterocycles. The van der Waals surface area contributed by atoms with Crippen LogP contribution in [0.25, 0.3) is 0 Å². The number of aromatic nitrogens is 3. The van der Waals surface area contributed by atoms with E-state index in [0.29, 0.717) is 6.54 Å². The van der Waals surface area contributed by atoms with Gasteiger partial charge in [0.1, 0.15) is 31.1 Å². The van der Waals surface area contributed by atoms with Crippen LogP contribution in [0.15, 0.2) is 30.9 Å². The van der Waals surface area contributed by atoms with Gasteiger partial charge >= 0.3 is 0 Å². The van der Waals surface area contributed by atoms with Crippen molar-refractivity contribution >= 4 is 0 Å². The van der Waals surface area contributed by atoms with Crippen LogP contribution in [0.5, 0.6) is 5.75 Å². The number of aryl methyl sites for hydroxylation is 2. The van der Waals surface area contributed by atoms with Gasteiger partial charge in [0.2, 0.25) is 0 Å². The zero-order chi connectivity index (χ0) is 13.0. The molecule has 1 heterocycles. The van der Waals surface area contributed by atoms with Crippen molar-refractivity contribution in [1.29, 1.82) is 0 Å². The normalized spacial score (nSPS) is 12.4. The number of hydrogen-bond acceptors (Lipinski definition) is 4. The number of hydrogen-bond donors (Lipinski definition) is 1. The predicted molar refractivity (Wildman–Crippen MR) is 67.4 cm³/mol. The van der Waals surface area contributed by atoms with Crippen LogP contribution in [0.4, 0.5) is 0 Å². The predicted octanol–water partition coefficient (Wildman–Crippen LogP) is 1.33. The first-order valence-corrected chi connectivity index (χ1v) is 5.85. The van der Waals surface area contributed by atoms with Crippen LogP contribution in [0.2, 0.25) is 0 Å². The van der Waals surface area contributed by atoms with Gasteiger partial charge in [-0.2, -0.15) is 0 Å². The average Bonchev–Trinajstić information content (AvgIpc) is 2.83. The zero-order valence-corrected chi connectivity index (χ0v) is 10.6. The van der Waals surface area contributed by atoms with E-state index in [1.807, 2.05) is 32.0 Å². The molecule has 1 aromatic carbocycles. The Balaban J connectivity index is 1.89. The summed E-state index contributed by atoms with van der Waals surface area (Å²) in [6.07, 6.45) is 2.56. The van der Waals surface area contributed by atoms with Gasteiger partial charge < -0.3 is 14.4 Å². The molecule has 0 aliphatic heterocycles. The molecule has 96 valence electrons. The van der Waals surface area contributed by atoms with Crippen molar-refractivity contribution in [1.82, 2.24) is 14.8 Å². The van der Waals surface area contributed by atoms with Gasteiger partial charge in [0, 0.05) is 0 Å². The Morgan fingerprint density at radius 1 is 1.28 bits per heavy atom. The van der Waals surface area contributed by atoms with E-state index in [4.69, 9.17) is 4.74 Å². The van der Waals surface area contributed by atoms with Crippen LogP contribution in [-0.2, 0) is 6.54 Å². The minimum absolute atomic E-state index is 0.252. The molecule has 18 heavy (non-hydrogen) atoms. The number of aliphatic hydroxyl groups is 1. The molecule has 5 heteroatoms. The third-order valence-electron chi connectivity index (χ3n) is 2.66. The fourth-order valence-electron chi connectivity index (χ4n) is 1.66. The Labute approximate surface area is 106 Å². The number of aliphatic hydroxyl groups excluding tert-OH is 1. The van der Waals surface area contributed by atoms with Crippen LogP contribution in [0.3, 0.4) is 0 Å². The summed E-state index contributed by atoms with van der Waals surface area (Å²) in [5, 5.41) is 17.2. The molecule has 0 amide bonds. The molecule has 1 unspecified atom stereocenters. The topological polar surface area (TPSA) is 60.2 Å². The van der Waals surface area contributed by atoms with Crippen molar-refractivity contribution in [2.24, 2.45) is 0 Å². The molecule has 0 spiro atoms. The molecule has 2 rings (SSSR count). The maximum atomic E-state index is 9.84. The summed E-state index contributed by atoms with van der Waals surface area (Å²) in [7, 11) is 0. The van der Waals surface area contributed by atoms with Crippen LogP contribution in [0.1, 0.15) is 11.1 Å². The number of benzene rings is 1. The van der Waals surface area contributed by atoms with Crippen molar-refractivity contribution < 1.29 is 9.84 Å². The zero-order valence-electron chi connectivity index (χ0n) is 10.6. The Morgan fingerprint density at radius 3 is 2.72 bits per heavy atom. The molecule has 1 atom stereocenters. The highest BCUT2D eigenvalue weighted by Crippen LogP contribution is 2.19. The SMILES string of the molecule is Cc1ccc(C)c(OCC(O)Cn2cnnc2)c1. The van der Waals surface area contributed by atoms with E-state index >= 15 is 0 Å². The molecule has 1 N–H and O–H groups in total. The summed E-state index contributed by atoms with van der Waals surface area (Å²) in [6.45, 7) is 4.68. The molecule has 0 bridgehead atoms. The lowest BCUT2D eigenvalue weighted by Crippen LogP contribution is -2.23. The molecule has 5 nitrogen and oxygen atoms in total. The Bertz CT molecular complexity index is 497. The van der Waals surface area contributed by atoms with Crippen LogP contribution in [-0.4, -0.2) is 32.6 Å². The van der Waals surface area contributed by atoms with E-state index in [0.717, 1.165) is 16.9 Å². The minimum atomic E-state index is -0.582. The van der Waals surface area contributed by atoms with E-state index < -0.39 is 6.10 Å². The van der Waals surface area contributed by atoms with Crippen molar-refractivity contribution in [3.63, 3.8) is 0 Å². The third kappa shape index (κ3) is 3.30. The molecule has 2 aromatic rings. The fourth-order valence-corrected chi connectivity index (χ4v) is 1.66. The highest BCUT2D eigenvalue weighted by atomic mass is 16.5. The molecule has 0 saturated carbocycles. The van der Waals surface area contributed by atoms with Gasteiger partial charge in [-0.25, -0.2) is 0 Å². The Hall–Kier alpha value is -1.88. The van der Waals surface area contributed by atoms with Crippen molar-refractivity contribution in [2.75, 3.05) is 6.61 Å². The summed E-state index contributed by atoms with van der Waals surface area (Å²) < 4.78 is 7.34. The van der Waals surface area contributed by atoms with E-state index in [1.165, 1.54) is 0 Å². The monoisotopic (exact) mass is 247 g/mol. The maximum Gasteiger partial charge on any atom is 0.122 e. The largest absolute Gasteiger partial charge is 0.491 e. The Morgan fingerprint density at radius 2 is 2.00 bits per heavy atom. The summed E-state index contributed by atoms with van der Waals surface area (Å²) in [5.41, 5.74) is 2.21. The standard InChI is InChI=1S/C13H17N3O2/c1-10-3-4-11(2)13(5-10)18-7-12(17)6-16-8-14-15-9-16/h3-5,8-9,12,17H,6-7H2,1-2H3. The lowest BCUT2D eigenvalue weighted by atomic mass is 10.1. The lowest BCUT2D eigenvalue weighted by Gasteiger charge is -2.14. The van der Waals surface area contributed by atoms with Gasteiger partial charge in [-0.15, -0.1) is 10.2 Å². The second kappa shape index (κ2) is 5.64. The first kappa shape index (κ1) is 12.6. The summed E-state index contributed by atoms with van der Waals surface area (Å²) in [6, 6.07) is 6.02. The highest BCUT2D eigenvalue weighted by molar-refractivity contribution is 5.35. The quantitative estimate of drug-likeness (QED) is 0.866. The molecular formula is C13H17N3O2. The van der Waals surface area contributed by atoms with E-state index in [1.54, 1.807) is 17.2 Å². The van der Waals surface area contributed by atoms with Crippen molar-refractivity contribution in [3.05, 3.63) is 42.0 Å². The van der Waals surface area contributed by atoms with Gasteiger partial charge in [-0.3, -0.25) is 0 Å². The molecule has 0 fully saturated rings. The lowest BCUT2D eigenvalue weighted by molar-refractivity contribution is 0.0920. The number of ether oxygens (including phenoxy) is 1. The van der Waals surface area contributed by atoms with Gasteiger partial charge in [0.25, 0.3) is 0 Å². The summed E-state index contributed by atoms with van der Waals surface area (Å²) in [4.78, 5) is 0. The summed E-state index contributed by atoms with van der Waals surface area (Å²) >= 11 is 0. The number of rotatable bonds is 5. The van der Waals surface area contributed by atoms with Crippen LogP contribution in [0, 0.1) is 13.8 Å². The van der Waals surface area contributed by atoms with Gasteiger partial charge in [-0.1, -0.05) is 12.1 Å². The Kier molecular flexibility index (Phi) is 3.94. The minimum Gasteiger partial charge on any atom is -0.491 e.